The molecular formula is C33H28Cl3N3O4. The Labute approximate surface area is 264 Å². The number of ether oxygens (including phenoxy) is 1. The zero-order chi connectivity index (χ0) is 30.1. The molecule has 2 N–H and O–H groups in total. The van der Waals surface area contributed by atoms with Gasteiger partial charge in [-0.2, -0.15) is 0 Å². The Morgan fingerprint density at radius 3 is 2.47 bits per heavy atom. The summed E-state index contributed by atoms with van der Waals surface area (Å²) in [6.45, 7) is 5.21. The fourth-order valence-electron chi connectivity index (χ4n) is 5.23. The molecule has 0 amide bonds. The number of carbonyl (C=O) groups is 1. The number of anilines is 1. The minimum Gasteiger partial charge on any atom is -0.486 e. The van der Waals surface area contributed by atoms with Crippen molar-refractivity contribution in [1.82, 2.24) is 10.5 Å². The van der Waals surface area contributed by atoms with Crippen molar-refractivity contribution in [3.05, 3.63) is 97.7 Å². The first kappa shape index (κ1) is 29.4. The summed E-state index contributed by atoms with van der Waals surface area (Å²) < 4.78 is 12.1. The van der Waals surface area contributed by atoms with E-state index < -0.39 is 12.1 Å². The number of benzene rings is 3. The summed E-state index contributed by atoms with van der Waals surface area (Å²) in [6.07, 6.45) is 1.62. The molecule has 2 fully saturated rings. The van der Waals surface area contributed by atoms with Crippen LogP contribution in [0.3, 0.4) is 0 Å². The number of aromatic carboxylic acids is 1. The maximum atomic E-state index is 11.8. The number of nitrogens with one attached hydrogen (secondary N) is 1. The summed E-state index contributed by atoms with van der Waals surface area (Å²) in [5.74, 6) is 6.82. The van der Waals surface area contributed by atoms with Crippen LogP contribution in [0.4, 0.5) is 5.69 Å². The minimum atomic E-state index is -0.994. The summed E-state index contributed by atoms with van der Waals surface area (Å²) in [4.78, 5) is 13.9. The number of carboxylic acid groups (broad SMARTS) is 1. The molecule has 0 spiro atoms. The molecule has 4 aromatic rings. The molecule has 1 saturated carbocycles. The van der Waals surface area contributed by atoms with E-state index >= 15 is 0 Å². The highest BCUT2D eigenvalue weighted by atomic mass is 35.5. The fourth-order valence-corrected chi connectivity index (χ4v) is 6.03. The van der Waals surface area contributed by atoms with Crippen LogP contribution >= 0.6 is 34.8 Å². The Hall–Kier alpha value is -3.67. The van der Waals surface area contributed by atoms with Gasteiger partial charge in [0, 0.05) is 60.5 Å². The molecule has 7 nitrogen and oxygen atoms in total. The number of piperazine rings is 1. The second-order valence-electron chi connectivity index (χ2n) is 10.6. The van der Waals surface area contributed by atoms with Crippen LogP contribution < -0.4 is 15.0 Å². The van der Waals surface area contributed by atoms with E-state index in [0.29, 0.717) is 43.2 Å². The largest absolute Gasteiger partial charge is 0.486 e. The Kier molecular flexibility index (Phi) is 8.56. The molecule has 2 heterocycles. The molecule has 1 unspecified atom stereocenters. The second kappa shape index (κ2) is 12.5. The van der Waals surface area contributed by atoms with Gasteiger partial charge in [-0.25, -0.2) is 4.79 Å². The molecule has 1 saturated heterocycles. The second-order valence-corrected chi connectivity index (χ2v) is 11.9. The van der Waals surface area contributed by atoms with Crippen molar-refractivity contribution >= 4 is 46.5 Å². The zero-order valence-electron chi connectivity index (χ0n) is 23.3. The monoisotopic (exact) mass is 635 g/mol. The van der Waals surface area contributed by atoms with Gasteiger partial charge in [0.2, 0.25) is 0 Å². The number of rotatable bonds is 7. The summed E-state index contributed by atoms with van der Waals surface area (Å²) in [6, 6.07) is 15.8. The van der Waals surface area contributed by atoms with Crippen LogP contribution in [-0.4, -0.2) is 42.4 Å². The van der Waals surface area contributed by atoms with Crippen molar-refractivity contribution in [3.8, 4) is 28.8 Å². The topological polar surface area (TPSA) is 87.8 Å². The molecule has 10 heteroatoms. The van der Waals surface area contributed by atoms with Gasteiger partial charge in [-0.1, -0.05) is 57.9 Å². The van der Waals surface area contributed by atoms with Gasteiger partial charge < -0.3 is 24.6 Å². The van der Waals surface area contributed by atoms with Gasteiger partial charge >= 0.3 is 5.97 Å². The van der Waals surface area contributed by atoms with Gasteiger partial charge in [-0.15, -0.1) is 0 Å². The number of carboxylic acids is 1. The van der Waals surface area contributed by atoms with Crippen LogP contribution in [0.2, 0.25) is 15.1 Å². The highest BCUT2D eigenvalue weighted by Crippen LogP contribution is 2.48. The van der Waals surface area contributed by atoms with E-state index in [1.165, 1.54) is 0 Å². The summed E-state index contributed by atoms with van der Waals surface area (Å²) >= 11 is 19.7. The predicted octanol–water partition coefficient (Wildman–Crippen LogP) is 7.83. The van der Waals surface area contributed by atoms with E-state index in [2.05, 4.69) is 27.2 Å². The summed E-state index contributed by atoms with van der Waals surface area (Å²) in [5, 5.41) is 18.7. The number of hydrogen-bond acceptors (Lipinski definition) is 6. The van der Waals surface area contributed by atoms with E-state index in [-0.39, 0.29) is 11.5 Å². The number of halogens is 3. The highest BCUT2D eigenvalue weighted by Gasteiger charge is 2.36. The van der Waals surface area contributed by atoms with Gasteiger partial charge in [-0.05, 0) is 62.2 Å². The summed E-state index contributed by atoms with van der Waals surface area (Å²) in [7, 11) is 0. The molecule has 1 aliphatic carbocycles. The van der Waals surface area contributed by atoms with Crippen molar-refractivity contribution in [1.29, 1.82) is 0 Å². The normalized spacial score (nSPS) is 15.5. The fraction of sp³-hybridized carbons (Fsp3) is 0.273. The van der Waals surface area contributed by atoms with E-state index in [9.17, 15) is 9.90 Å². The number of nitrogens with zero attached hydrogens (tertiary/aromatic N) is 2. The summed E-state index contributed by atoms with van der Waals surface area (Å²) in [5.41, 5.74) is 4.23. The lowest BCUT2D eigenvalue weighted by molar-refractivity contribution is 0.0697. The molecule has 0 bridgehead atoms. The maximum absolute atomic E-state index is 11.8. The van der Waals surface area contributed by atoms with Crippen LogP contribution in [0.5, 0.6) is 5.75 Å². The maximum Gasteiger partial charge on any atom is 0.335 e. The predicted molar refractivity (Wildman–Crippen MR) is 169 cm³/mol. The van der Waals surface area contributed by atoms with Crippen LogP contribution in [0.15, 0.2) is 59.1 Å². The quantitative estimate of drug-likeness (QED) is 0.200. The van der Waals surface area contributed by atoms with Crippen molar-refractivity contribution in [3.63, 3.8) is 0 Å². The molecule has 1 aromatic heterocycles. The van der Waals surface area contributed by atoms with Crippen molar-refractivity contribution in [2.75, 3.05) is 31.1 Å². The highest BCUT2D eigenvalue weighted by molar-refractivity contribution is 6.39. The smallest absolute Gasteiger partial charge is 0.335 e. The van der Waals surface area contributed by atoms with Gasteiger partial charge in [0.15, 0.2) is 0 Å². The lowest BCUT2D eigenvalue weighted by Gasteiger charge is -2.29. The van der Waals surface area contributed by atoms with E-state index in [1.54, 1.807) is 48.5 Å². The molecular weight excluding hydrogens is 609 g/mol. The number of aromatic nitrogens is 1. The van der Waals surface area contributed by atoms with Gasteiger partial charge in [0.05, 0.1) is 26.2 Å². The molecule has 3 aromatic carbocycles. The van der Waals surface area contributed by atoms with E-state index in [4.69, 9.17) is 44.1 Å². The lowest BCUT2D eigenvalue weighted by atomic mass is 10.00. The van der Waals surface area contributed by atoms with Gasteiger partial charge in [-0.3, -0.25) is 0 Å². The molecule has 220 valence electrons. The Bertz CT molecular complexity index is 1730. The van der Waals surface area contributed by atoms with E-state index in [1.807, 2.05) is 13.0 Å². The molecule has 2 aliphatic rings. The SMILES string of the molecule is CC(Oc1ccc(C#Cc2cc(C(=O)O)cc(N3CCNCC3)c2)c(Cl)c1)c1c(-c2c(Cl)cccc2Cl)noc1C1CC1. The standard InChI is InChI=1S/C33H28Cl3N3O4/c1-19(29-31(38-43-32(29)22-7-8-22)30-26(34)3-2-4-27(30)35)42-25-10-9-21(28(36)18-25)6-5-20-15-23(33(40)41)17-24(16-20)39-13-11-37-12-14-39/h2-4,9-10,15-19,22,37H,7-8,11-14H2,1H3,(H,40,41). The van der Waals surface area contributed by atoms with Crippen molar-refractivity contribution in [2.45, 2.75) is 31.8 Å². The van der Waals surface area contributed by atoms with Crippen molar-refractivity contribution in [2.24, 2.45) is 0 Å². The molecule has 1 aliphatic heterocycles. The zero-order valence-corrected chi connectivity index (χ0v) is 25.6. The Balaban J connectivity index is 1.25. The van der Waals surface area contributed by atoms with Crippen LogP contribution in [0, 0.1) is 11.8 Å². The lowest BCUT2D eigenvalue weighted by Crippen LogP contribution is -2.43. The third-order valence-corrected chi connectivity index (χ3v) is 8.49. The van der Waals surface area contributed by atoms with Crippen LogP contribution in [0.25, 0.3) is 11.3 Å². The molecule has 1 atom stereocenters. The molecule has 43 heavy (non-hydrogen) atoms. The first-order chi connectivity index (χ1) is 20.8. The molecule has 0 radical (unpaired) electrons. The Morgan fingerprint density at radius 2 is 1.79 bits per heavy atom. The number of hydrogen-bond donors (Lipinski definition) is 2. The average Bonchev–Trinajstić information content (AvgIpc) is 3.75. The van der Waals surface area contributed by atoms with Crippen molar-refractivity contribution < 1.29 is 19.2 Å². The van der Waals surface area contributed by atoms with Gasteiger partial charge in [0.25, 0.3) is 0 Å². The van der Waals surface area contributed by atoms with E-state index in [0.717, 1.165) is 56.0 Å². The van der Waals surface area contributed by atoms with Crippen LogP contribution in [0.1, 0.15) is 64.6 Å². The third-order valence-electron chi connectivity index (χ3n) is 7.55. The Morgan fingerprint density at radius 1 is 1.05 bits per heavy atom. The van der Waals surface area contributed by atoms with Gasteiger partial charge in [0.1, 0.15) is 23.3 Å². The third kappa shape index (κ3) is 6.48. The first-order valence-electron chi connectivity index (χ1n) is 14.0. The molecule has 6 rings (SSSR count). The first-order valence-corrected chi connectivity index (χ1v) is 15.2. The average molecular weight is 637 g/mol. The van der Waals surface area contributed by atoms with Crippen LogP contribution in [-0.2, 0) is 0 Å². The minimum absolute atomic E-state index is 0.195.